The van der Waals surface area contributed by atoms with Crippen LogP contribution >= 0.6 is 0 Å². The van der Waals surface area contributed by atoms with Gasteiger partial charge in [0.2, 0.25) is 0 Å². The summed E-state index contributed by atoms with van der Waals surface area (Å²) in [6.45, 7) is 6.50. The van der Waals surface area contributed by atoms with Gasteiger partial charge in [0.15, 0.2) is 6.10 Å². The summed E-state index contributed by atoms with van der Waals surface area (Å²) < 4.78 is 16.9. The monoisotopic (exact) mass is 1070 g/mol. The Morgan fingerprint density at radius 1 is 0.273 bits per heavy atom. The number of ether oxygens (including phenoxy) is 3. The van der Waals surface area contributed by atoms with Gasteiger partial charge in [-0.05, 0) is 109 Å². The summed E-state index contributed by atoms with van der Waals surface area (Å²) in [6.07, 6.45) is 88.0. The molecule has 6 heteroatoms. The molecule has 0 N–H and O–H groups in total. The third-order valence-corrected chi connectivity index (χ3v) is 13.8. The van der Waals surface area contributed by atoms with E-state index in [1.165, 1.54) is 128 Å². The van der Waals surface area contributed by atoms with Gasteiger partial charge in [-0.25, -0.2) is 0 Å². The average Bonchev–Trinajstić information content (AvgIpc) is 3.43. The first-order chi connectivity index (χ1) is 38.0. The fourth-order valence-electron chi connectivity index (χ4n) is 8.92. The van der Waals surface area contributed by atoms with Crippen LogP contribution in [0.5, 0.6) is 0 Å². The van der Waals surface area contributed by atoms with Crippen LogP contribution in [0.1, 0.15) is 303 Å². The van der Waals surface area contributed by atoms with Crippen LogP contribution in [0.3, 0.4) is 0 Å². The van der Waals surface area contributed by atoms with Crippen LogP contribution in [0, 0.1) is 0 Å². The quantitative estimate of drug-likeness (QED) is 0.0261. The Morgan fingerprint density at radius 3 is 0.818 bits per heavy atom. The third kappa shape index (κ3) is 62.8. The molecule has 0 amide bonds. The highest BCUT2D eigenvalue weighted by Crippen LogP contribution is 2.16. The zero-order valence-corrected chi connectivity index (χ0v) is 50.4. The highest BCUT2D eigenvalue weighted by molar-refractivity contribution is 5.71. The molecule has 0 rings (SSSR count). The van der Waals surface area contributed by atoms with Crippen LogP contribution < -0.4 is 0 Å². The van der Waals surface area contributed by atoms with Crippen molar-refractivity contribution in [2.75, 3.05) is 13.2 Å². The van der Waals surface area contributed by atoms with Crippen molar-refractivity contribution in [1.82, 2.24) is 0 Å². The largest absolute Gasteiger partial charge is 0.462 e. The second-order valence-electron chi connectivity index (χ2n) is 21.3. The van der Waals surface area contributed by atoms with Gasteiger partial charge < -0.3 is 14.2 Å². The van der Waals surface area contributed by atoms with Crippen molar-refractivity contribution in [3.05, 3.63) is 109 Å². The number of rotatable bonds is 58. The highest BCUT2D eigenvalue weighted by Gasteiger charge is 2.19. The van der Waals surface area contributed by atoms with E-state index in [2.05, 4.69) is 130 Å². The maximum Gasteiger partial charge on any atom is 0.306 e. The van der Waals surface area contributed by atoms with Gasteiger partial charge in [-0.15, -0.1) is 0 Å². The molecule has 0 radical (unpaired) electrons. The number of carbonyl (C=O) groups excluding carboxylic acids is 3. The predicted octanol–water partition coefficient (Wildman–Crippen LogP) is 22.2. The summed E-state index contributed by atoms with van der Waals surface area (Å²) in [5.41, 5.74) is 0. The lowest BCUT2D eigenvalue weighted by atomic mass is 10.0. The Morgan fingerprint density at radius 2 is 0.506 bits per heavy atom. The molecule has 0 aromatic heterocycles. The molecule has 0 aliphatic carbocycles. The molecule has 0 heterocycles. The van der Waals surface area contributed by atoms with Gasteiger partial charge in [0.25, 0.3) is 0 Å². The Labute approximate surface area is 476 Å². The molecule has 0 saturated heterocycles. The molecule has 0 aliphatic heterocycles. The normalized spacial score (nSPS) is 12.8. The van der Waals surface area contributed by atoms with E-state index in [9.17, 15) is 14.4 Å². The maximum atomic E-state index is 12.9. The molecular weight excluding hydrogens is 949 g/mol. The minimum atomic E-state index is -0.798. The van der Waals surface area contributed by atoms with E-state index in [0.29, 0.717) is 19.3 Å². The molecule has 0 aromatic rings. The Hall–Kier alpha value is -3.93. The van der Waals surface area contributed by atoms with E-state index in [-0.39, 0.29) is 31.1 Å². The van der Waals surface area contributed by atoms with Crippen LogP contribution in [-0.2, 0) is 28.6 Å². The molecule has 0 spiro atoms. The van der Waals surface area contributed by atoms with Gasteiger partial charge in [0, 0.05) is 19.3 Å². The molecule has 0 aliphatic rings. The first-order valence-corrected chi connectivity index (χ1v) is 32.4. The smallest absolute Gasteiger partial charge is 0.306 e. The van der Waals surface area contributed by atoms with E-state index < -0.39 is 6.10 Å². The van der Waals surface area contributed by atoms with E-state index in [1.807, 2.05) is 0 Å². The average molecular weight is 1070 g/mol. The SMILES string of the molecule is CC/C=C\C/C=C\C/C=C\C/C=C\C/C=C\C/C=C\CCCCCCC(=O)OCC(COC(=O)CCCCCCCCCCCCCCCCCCC)OC(=O)CCCCCCCC/C=C\C/C=C\C/C=C\CCCCC. The second-order valence-corrected chi connectivity index (χ2v) is 21.3. The van der Waals surface area contributed by atoms with Crippen LogP contribution in [0.15, 0.2) is 109 Å². The standard InChI is InChI=1S/C71H120O6/c1-4-7-10-13-16-19-22-25-28-31-33-34-35-36-38-40-43-46-49-52-55-58-61-64-70(73)76-67-68(66-75-69(72)63-60-57-54-51-48-45-42-39-30-27-24-21-18-15-12-9-6-3)77-71(74)65-62-59-56-53-50-47-44-41-37-32-29-26-23-20-17-14-11-8-5-2/h7,10,16-17,19-20,25-26,28-29,33-34,36-38,41,43,46,68H,4-6,8-9,11-15,18,21-24,27,30-32,35,39-40,42,44-45,47-67H2,1-3H3/b10-7-,19-16-,20-17-,28-25-,29-26-,34-33-,38-36-,41-37-,46-43-. The summed E-state index contributed by atoms with van der Waals surface area (Å²) in [5.74, 6) is -0.919. The van der Waals surface area contributed by atoms with Crippen molar-refractivity contribution in [3.8, 4) is 0 Å². The summed E-state index contributed by atoms with van der Waals surface area (Å²) in [7, 11) is 0. The van der Waals surface area contributed by atoms with E-state index >= 15 is 0 Å². The maximum absolute atomic E-state index is 12.9. The third-order valence-electron chi connectivity index (χ3n) is 13.8. The number of unbranched alkanes of at least 4 members (excludes halogenated alkanes) is 29. The lowest BCUT2D eigenvalue weighted by Gasteiger charge is -2.18. The van der Waals surface area contributed by atoms with Gasteiger partial charge in [0.05, 0.1) is 0 Å². The first kappa shape index (κ1) is 73.1. The van der Waals surface area contributed by atoms with Crippen molar-refractivity contribution in [2.45, 2.75) is 309 Å². The highest BCUT2D eigenvalue weighted by atomic mass is 16.6. The van der Waals surface area contributed by atoms with Crippen LogP contribution in [-0.4, -0.2) is 37.2 Å². The summed E-state index contributed by atoms with van der Waals surface area (Å²) >= 11 is 0. The molecule has 0 bridgehead atoms. The van der Waals surface area contributed by atoms with E-state index in [0.717, 1.165) is 135 Å². The summed E-state index contributed by atoms with van der Waals surface area (Å²) in [4.78, 5) is 38.4. The van der Waals surface area contributed by atoms with Gasteiger partial charge in [0.1, 0.15) is 13.2 Å². The molecule has 0 fully saturated rings. The molecular formula is C71H120O6. The fraction of sp³-hybridized carbons (Fsp3) is 0.704. The zero-order chi connectivity index (χ0) is 55.7. The van der Waals surface area contributed by atoms with E-state index in [4.69, 9.17) is 14.2 Å². The van der Waals surface area contributed by atoms with Crippen molar-refractivity contribution in [3.63, 3.8) is 0 Å². The fourth-order valence-corrected chi connectivity index (χ4v) is 8.92. The van der Waals surface area contributed by atoms with Gasteiger partial charge in [-0.3, -0.25) is 14.4 Å². The number of hydrogen-bond donors (Lipinski definition) is 0. The number of hydrogen-bond acceptors (Lipinski definition) is 6. The minimum Gasteiger partial charge on any atom is -0.462 e. The number of carbonyl (C=O) groups is 3. The Kier molecular flexibility index (Phi) is 61.3. The first-order valence-electron chi connectivity index (χ1n) is 32.4. The molecule has 1 atom stereocenters. The topological polar surface area (TPSA) is 78.9 Å². The Bertz CT molecular complexity index is 1560. The van der Waals surface area contributed by atoms with Crippen molar-refractivity contribution in [2.24, 2.45) is 0 Å². The zero-order valence-electron chi connectivity index (χ0n) is 50.4. The van der Waals surface area contributed by atoms with Gasteiger partial charge >= 0.3 is 17.9 Å². The molecule has 6 nitrogen and oxygen atoms in total. The molecule has 0 aromatic carbocycles. The lowest BCUT2D eigenvalue weighted by Crippen LogP contribution is -2.30. The van der Waals surface area contributed by atoms with Crippen LogP contribution in [0.4, 0.5) is 0 Å². The summed E-state index contributed by atoms with van der Waals surface area (Å²) in [6, 6.07) is 0. The van der Waals surface area contributed by atoms with Crippen molar-refractivity contribution < 1.29 is 28.6 Å². The number of esters is 3. The van der Waals surface area contributed by atoms with Gasteiger partial charge in [-0.1, -0.05) is 284 Å². The second kappa shape index (κ2) is 64.6. The number of allylic oxidation sites excluding steroid dienone is 18. The minimum absolute atomic E-state index is 0.0906. The molecule has 440 valence electrons. The summed E-state index contributed by atoms with van der Waals surface area (Å²) in [5, 5.41) is 0. The van der Waals surface area contributed by atoms with Gasteiger partial charge in [-0.2, -0.15) is 0 Å². The molecule has 77 heavy (non-hydrogen) atoms. The lowest BCUT2D eigenvalue weighted by molar-refractivity contribution is -0.167. The van der Waals surface area contributed by atoms with Crippen LogP contribution in [0.2, 0.25) is 0 Å². The Balaban J connectivity index is 4.46. The predicted molar refractivity (Wildman–Crippen MR) is 334 cm³/mol. The van der Waals surface area contributed by atoms with Crippen molar-refractivity contribution in [1.29, 1.82) is 0 Å². The molecule has 1 unspecified atom stereocenters. The van der Waals surface area contributed by atoms with Crippen LogP contribution in [0.25, 0.3) is 0 Å². The molecule has 0 saturated carbocycles. The van der Waals surface area contributed by atoms with E-state index in [1.54, 1.807) is 0 Å². The van der Waals surface area contributed by atoms with Crippen molar-refractivity contribution >= 4 is 17.9 Å².